The highest BCUT2D eigenvalue weighted by Gasteiger charge is 2.30. The van der Waals surface area contributed by atoms with Crippen LogP contribution in [0.5, 0.6) is 0 Å². The van der Waals surface area contributed by atoms with E-state index in [4.69, 9.17) is 0 Å². The molecule has 0 saturated carbocycles. The van der Waals surface area contributed by atoms with Gasteiger partial charge in [-0.15, -0.1) is 0 Å². The van der Waals surface area contributed by atoms with Crippen LogP contribution in [0.15, 0.2) is 24.3 Å². The van der Waals surface area contributed by atoms with Crippen LogP contribution in [0.2, 0.25) is 0 Å². The van der Waals surface area contributed by atoms with Gasteiger partial charge in [-0.25, -0.2) is 4.79 Å². The van der Waals surface area contributed by atoms with Gasteiger partial charge in [-0.3, -0.25) is 0 Å². The molecule has 2 amide bonds. The van der Waals surface area contributed by atoms with Crippen LogP contribution < -0.4 is 16.0 Å². The van der Waals surface area contributed by atoms with Crippen molar-refractivity contribution in [2.24, 2.45) is 5.41 Å². The molecule has 2 rings (SSSR count). The van der Waals surface area contributed by atoms with Crippen LogP contribution in [0, 0.1) is 5.41 Å². The van der Waals surface area contributed by atoms with Crippen molar-refractivity contribution < 1.29 is 18.0 Å². The Morgan fingerprint density at radius 3 is 2.82 bits per heavy atom. The van der Waals surface area contributed by atoms with Crippen LogP contribution >= 0.6 is 0 Å². The molecule has 22 heavy (non-hydrogen) atoms. The van der Waals surface area contributed by atoms with Crippen molar-refractivity contribution in [1.82, 2.24) is 10.6 Å². The van der Waals surface area contributed by atoms with Gasteiger partial charge < -0.3 is 16.0 Å². The fourth-order valence-electron chi connectivity index (χ4n) is 2.51. The van der Waals surface area contributed by atoms with Crippen LogP contribution in [-0.4, -0.2) is 25.7 Å². The first-order valence-corrected chi connectivity index (χ1v) is 7.21. The van der Waals surface area contributed by atoms with E-state index in [0.29, 0.717) is 6.54 Å². The number of urea groups is 1. The lowest BCUT2D eigenvalue weighted by Gasteiger charge is -2.34. The van der Waals surface area contributed by atoms with E-state index >= 15 is 0 Å². The minimum atomic E-state index is -4.42. The Kier molecular flexibility index (Phi) is 4.95. The lowest BCUT2D eigenvalue weighted by atomic mass is 9.83. The van der Waals surface area contributed by atoms with Gasteiger partial charge in [0.15, 0.2) is 0 Å². The Morgan fingerprint density at radius 1 is 1.41 bits per heavy atom. The van der Waals surface area contributed by atoms with Crippen LogP contribution in [0.1, 0.15) is 25.3 Å². The zero-order chi connectivity index (χ0) is 16.2. The number of amides is 2. The third-order valence-electron chi connectivity index (χ3n) is 3.81. The number of carbonyl (C=O) groups excluding carboxylic acids is 1. The number of alkyl halides is 3. The van der Waals surface area contributed by atoms with Gasteiger partial charge in [-0.05, 0) is 43.0 Å². The summed E-state index contributed by atoms with van der Waals surface area (Å²) < 4.78 is 37.8. The SMILES string of the molecule is CC1(CNC(=O)Nc2cccc(C(F)(F)F)c2)CCCNC1. The second-order valence-electron chi connectivity index (χ2n) is 5.98. The molecule has 1 aromatic rings. The molecule has 1 atom stereocenters. The van der Waals surface area contributed by atoms with Gasteiger partial charge in [0.05, 0.1) is 5.56 Å². The molecule has 0 aliphatic carbocycles. The number of piperidine rings is 1. The number of halogens is 3. The molecule has 0 radical (unpaired) electrons. The monoisotopic (exact) mass is 315 g/mol. The summed E-state index contributed by atoms with van der Waals surface area (Å²) in [5.74, 6) is 0. The summed E-state index contributed by atoms with van der Waals surface area (Å²) in [6.07, 6.45) is -2.37. The van der Waals surface area contributed by atoms with Crippen molar-refractivity contribution in [3.63, 3.8) is 0 Å². The molecular formula is C15H20F3N3O. The summed E-state index contributed by atoms with van der Waals surface area (Å²) in [6, 6.07) is 4.09. The molecule has 1 unspecified atom stereocenters. The van der Waals surface area contributed by atoms with Crippen LogP contribution in [0.4, 0.5) is 23.7 Å². The highest BCUT2D eigenvalue weighted by atomic mass is 19.4. The largest absolute Gasteiger partial charge is 0.416 e. The predicted molar refractivity (Wildman–Crippen MR) is 78.7 cm³/mol. The number of anilines is 1. The molecule has 0 aromatic heterocycles. The Hall–Kier alpha value is -1.76. The molecule has 7 heteroatoms. The number of carbonyl (C=O) groups is 1. The summed E-state index contributed by atoms with van der Waals surface area (Å²) in [4.78, 5) is 11.8. The fourth-order valence-corrected chi connectivity index (χ4v) is 2.51. The zero-order valence-corrected chi connectivity index (χ0v) is 12.4. The van der Waals surface area contributed by atoms with Crippen molar-refractivity contribution in [1.29, 1.82) is 0 Å². The van der Waals surface area contributed by atoms with E-state index in [1.807, 2.05) is 0 Å². The average Bonchev–Trinajstić information content (AvgIpc) is 2.46. The lowest BCUT2D eigenvalue weighted by molar-refractivity contribution is -0.137. The summed E-state index contributed by atoms with van der Waals surface area (Å²) in [5.41, 5.74) is -0.684. The van der Waals surface area contributed by atoms with Gasteiger partial charge in [-0.1, -0.05) is 13.0 Å². The summed E-state index contributed by atoms with van der Waals surface area (Å²) in [7, 11) is 0. The Morgan fingerprint density at radius 2 is 2.18 bits per heavy atom. The van der Waals surface area contributed by atoms with E-state index < -0.39 is 17.8 Å². The van der Waals surface area contributed by atoms with Gasteiger partial charge in [0.25, 0.3) is 0 Å². The van der Waals surface area contributed by atoms with Gasteiger partial charge >= 0.3 is 12.2 Å². The quantitative estimate of drug-likeness (QED) is 0.802. The summed E-state index contributed by atoms with van der Waals surface area (Å²) in [6.45, 7) is 4.34. The topological polar surface area (TPSA) is 53.2 Å². The maximum absolute atomic E-state index is 12.6. The highest BCUT2D eigenvalue weighted by Crippen LogP contribution is 2.30. The molecule has 0 bridgehead atoms. The maximum Gasteiger partial charge on any atom is 0.416 e. The minimum absolute atomic E-state index is 0.0244. The normalized spacial score (nSPS) is 22.2. The van der Waals surface area contributed by atoms with Crippen LogP contribution in [-0.2, 0) is 6.18 Å². The first-order valence-electron chi connectivity index (χ1n) is 7.21. The number of hydrogen-bond acceptors (Lipinski definition) is 2. The van der Waals surface area contributed by atoms with Crippen molar-refractivity contribution >= 4 is 11.7 Å². The van der Waals surface area contributed by atoms with Crippen molar-refractivity contribution in [3.05, 3.63) is 29.8 Å². The highest BCUT2D eigenvalue weighted by molar-refractivity contribution is 5.89. The van der Waals surface area contributed by atoms with Gasteiger partial charge in [-0.2, -0.15) is 13.2 Å². The number of nitrogens with one attached hydrogen (secondary N) is 3. The summed E-state index contributed by atoms with van der Waals surface area (Å²) >= 11 is 0. The second-order valence-corrected chi connectivity index (χ2v) is 5.98. The minimum Gasteiger partial charge on any atom is -0.337 e. The van der Waals surface area contributed by atoms with Crippen molar-refractivity contribution in [2.75, 3.05) is 25.0 Å². The standard InChI is InChI=1S/C15H20F3N3O/c1-14(6-3-7-19-9-14)10-20-13(22)21-12-5-2-4-11(8-12)15(16,17)18/h2,4-5,8,19H,3,6-7,9-10H2,1H3,(H2,20,21,22). The number of hydrogen-bond donors (Lipinski definition) is 3. The van der Waals surface area contributed by atoms with Gasteiger partial charge in [0, 0.05) is 18.8 Å². The predicted octanol–water partition coefficient (Wildman–Crippen LogP) is 3.22. The van der Waals surface area contributed by atoms with E-state index in [1.54, 1.807) is 0 Å². The van der Waals surface area contributed by atoms with Crippen molar-refractivity contribution in [3.8, 4) is 0 Å². The van der Waals surface area contributed by atoms with E-state index in [1.165, 1.54) is 12.1 Å². The molecule has 1 heterocycles. The Balaban J connectivity index is 1.89. The van der Waals surface area contributed by atoms with E-state index in [2.05, 4.69) is 22.9 Å². The van der Waals surface area contributed by atoms with Crippen LogP contribution in [0.25, 0.3) is 0 Å². The molecule has 1 fully saturated rings. The smallest absolute Gasteiger partial charge is 0.337 e. The van der Waals surface area contributed by atoms with Crippen LogP contribution in [0.3, 0.4) is 0 Å². The Labute approximate surface area is 127 Å². The van der Waals surface area contributed by atoms with Crippen molar-refractivity contribution in [2.45, 2.75) is 25.9 Å². The molecule has 4 nitrogen and oxygen atoms in total. The molecule has 1 aliphatic rings. The van der Waals surface area contributed by atoms with E-state index in [9.17, 15) is 18.0 Å². The lowest BCUT2D eigenvalue weighted by Crippen LogP contribution is -2.46. The first kappa shape index (κ1) is 16.6. The second kappa shape index (κ2) is 6.56. The third kappa shape index (κ3) is 4.62. The Bertz CT molecular complexity index is 525. The molecule has 1 aliphatic heterocycles. The summed E-state index contributed by atoms with van der Waals surface area (Å²) in [5, 5.41) is 8.45. The number of rotatable bonds is 3. The maximum atomic E-state index is 12.6. The van der Waals surface area contributed by atoms with E-state index in [-0.39, 0.29) is 11.1 Å². The van der Waals surface area contributed by atoms with Gasteiger partial charge in [0.2, 0.25) is 0 Å². The molecule has 122 valence electrons. The third-order valence-corrected chi connectivity index (χ3v) is 3.81. The molecule has 1 saturated heterocycles. The molecule has 0 spiro atoms. The van der Waals surface area contributed by atoms with Gasteiger partial charge in [0.1, 0.15) is 0 Å². The molecule has 1 aromatic carbocycles. The molecular weight excluding hydrogens is 295 g/mol. The molecule has 3 N–H and O–H groups in total. The van der Waals surface area contributed by atoms with E-state index in [0.717, 1.165) is 38.1 Å². The zero-order valence-electron chi connectivity index (χ0n) is 12.4. The first-order chi connectivity index (χ1) is 10.3. The fraction of sp³-hybridized carbons (Fsp3) is 0.533. The average molecular weight is 315 g/mol. The number of benzene rings is 1.